The largest absolute Gasteiger partial charge is 0.404 e. The van der Waals surface area contributed by atoms with Crippen LogP contribution in [0.25, 0.3) is 0 Å². The van der Waals surface area contributed by atoms with Gasteiger partial charge >= 0.3 is 11.9 Å². The minimum Gasteiger partial charge on any atom is -0.404 e. The van der Waals surface area contributed by atoms with Gasteiger partial charge in [0.1, 0.15) is 12.2 Å². The smallest absolute Gasteiger partial charge is 0.337 e. The number of carbonyl (C=O) groups excluding carboxylic acids is 1. The number of ether oxygens (including phenoxy) is 5. The summed E-state index contributed by atoms with van der Waals surface area (Å²) >= 11 is 0. The molecule has 0 spiro atoms. The summed E-state index contributed by atoms with van der Waals surface area (Å²) in [5.74, 6) is -1.91. The zero-order valence-corrected chi connectivity index (χ0v) is 11.3. The number of epoxide rings is 2. The molecule has 0 aliphatic carbocycles. The molecule has 6 heteroatoms. The van der Waals surface area contributed by atoms with Gasteiger partial charge < -0.3 is 23.7 Å². The van der Waals surface area contributed by atoms with Crippen molar-refractivity contribution >= 4 is 5.97 Å². The van der Waals surface area contributed by atoms with Gasteiger partial charge in [0.25, 0.3) is 0 Å². The van der Waals surface area contributed by atoms with E-state index in [9.17, 15) is 4.79 Å². The predicted molar refractivity (Wildman–Crippen MR) is 65.3 cm³/mol. The molecule has 6 nitrogen and oxygen atoms in total. The Balaban J connectivity index is 1.93. The van der Waals surface area contributed by atoms with Crippen molar-refractivity contribution in [3.05, 3.63) is 12.2 Å². The highest BCUT2D eigenvalue weighted by Crippen LogP contribution is 2.25. The molecule has 0 aromatic heterocycles. The van der Waals surface area contributed by atoms with Gasteiger partial charge in [0.2, 0.25) is 0 Å². The third-order valence-corrected chi connectivity index (χ3v) is 2.81. The van der Waals surface area contributed by atoms with Crippen molar-refractivity contribution < 1.29 is 28.5 Å². The van der Waals surface area contributed by atoms with Gasteiger partial charge in [0.05, 0.1) is 26.4 Å². The molecule has 2 heterocycles. The Morgan fingerprint density at radius 2 is 1.74 bits per heavy atom. The Kier molecular flexibility index (Phi) is 4.57. The van der Waals surface area contributed by atoms with E-state index in [1.165, 1.54) is 0 Å². The van der Waals surface area contributed by atoms with Crippen LogP contribution in [0.4, 0.5) is 0 Å². The molecule has 2 atom stereocenters. The highest BCUT2D eigenvalue weighted by atomic mass is 16.9. The van der Waals surface area contributed by atoms with Gasteiger partial charge in [0.15, 0.2) is 0 Å². The van der Waals surface area contributed by atoms with Crippen LogP contribution < -0.4 is 0 Å². The van der Waals surface area contributed by atoms with Crippen LogP contribution in [0.3, 0.4) is 0 Å². The molecule has 2 fully saturated rings. The van der Waals surface area contributed by atoms with Crippen LogP contribution in [0, 0.1) is 0 Å². The third kappa shape index (κ3) is 4.58. The molecular weight excluding hydrogens is 252 g/mol. The molecule has 0 saturated carbocycles. The van der Waals surface area contributed by atoms with E-state index in [4.69, 9.17) is 23.7 Å². The quantitative estimate of drug-likeness (QED) is 0.270. The van der Waals surface area contributed by atoms with Crippen LogP contribution >= 0.6 is 0 Å². The second-order valence-electron chi connectivity index (χ2n) is 4.74. The van der Waals surface area contributed by atoms with Gasteiger partial charge in [-0.1, -0.05) is 13.5 Å². The fourth-order valence-corrected chi connectivity index (χ4v) is 1.37. The number of hydrogen-bond acceptors (Lipinski definition) is 6. The van der Waals surface area contributed by atoms with Crippen LogP contribution in [0.2, 0.25) is 0 Å². The second kappa shape index (κ2) is 6.00. The van der Waals surface area contributed by atoms with E-state index in [2.05, 4.69) is 6.58 Å². The summed E-state index contributed by atoms with van der Waals surface area (Å²) in [6.07, 6.45) is 0.510. The molecule has 0 amide bonds. The topological polar surface area (TPSA) is 69.8 Å². The van der Waals surface area contributed by atoms with Crippen molar-refractivity contribution in [2.45, 2.75) is 38.4 Å². The minimum absolute atomic E-state index is 0.0650. The fraction of sp³-hybridized carbons (Fsp3) is 0.769. The monoisotopic (exact) mass is 272 g/mol. The molecule has 2 aliphatic rings. The normalized spacial score (nSPS) is 27.5. The summed E-state index contributed by atoms with van der Waals surface area (Å²) in [5, 5.41) is 0. The minimum atomic E-state index is -1.38. The van der Waals surface area contributed by atoms with Crippen molar-refractivity contribution in [2.75, 3.05) is 26.4 Å². The van der Waals surface area contributed by atoms with Crippen molar-refractivity contribution in [3.63, 3.8) is 0 Å². The first-order valence-electron chi connectivity index (χ1n) is 6.44. The SMILES string of the molecule is C=C(C)C(=O)OC(CC)(OCC1CO1)OCC1CO1. The average molecular weight is 272 g/mol. The zero-order chi connectivity index (χ0) is 13.9. The number of esters is 1. The molecule has 2 rings (SSSR count). The van der Waals surface area contributed by atoms with Crippen molar-refractivity contribution in [3.8, 4) is 0 Å². The molecule has 2 saturated heterocycles. The highest BCUT2D eigenvalue weighted by Gasteiger charge is 2.40. The van der Waals surface area contributed by atoms with Crippen LogP contribution in [-0.4, -0.2) is 50.6 Å². The van der Waals surface area contributed by atoms with E-state index in [0.29, 0.717) is 38.4 Å². The van der Waals surface area contributed by atoms with E-state index in [-0.39, 0.29) is 12.2 Å². The summed E-state index contributed by atoms with van der Waals surface area (Å²) in [4.78, 5) is 11.7. The summed E-state index contributed by atoms with van der Waals surface area (Å²) < 4.78 is 26.7. The lowest BCUT2D eigenvalue weighted by atomic mass is 10.3. The molecule has 0 N–H and O–H groups in total. The molecule has 0 aromatic rings. The summed E-state index contributed by atoms with van der Waals surface area (Å²) in [7, 11) is 0. The summed E-state index contributed by atoms with van der Waals surface area (Å²) in [6, 6.07) is 0. The highest BCUT2D eigenvalue weighted by molar-refractivity contribution is 5.87. The van der Waals surface area contributed by atoms with Gasteiger partial charge in [0, 0.05) is 12.0 Å². The lowest BCUT2D eigenvalue weighted by molar-refractivity contribution is -0.364. The Bertz CT molecular complexity index is 329. The third-order valence-electron chi connectivity index (χ3n) is 2.81. The number of hydrogen-bond donors (Lipinski definition) is 0. The molecule has 19 heavy (non-hydrogen) atoms. The van der Waals surface area contributed by atoms with Gasteiger partial charge in [-0.15, -0.1) is 0 Å². The summed E-state index contributed by atoms with van der Waals surface area (Å²) in [5.41, 5.74) is 0.301. The standard InChI is InChI=1S/C13H20O6/c1-4-13(17-7-10-5-15-10,18-8-11-6-16-11)19-12(14)9(2)3/h10-11H,2,4-8H2,1,3H3. The molecule has 2 unspecified atom stereocenters. The first-order chi connectivity index (χ1) is 9.04. The van der Waals surface area contributed by atoms with Gasteiger partial charge in [-0.3, -0.25) is 0 Å². The van der Waals surface area contributed by atoms with Crippen LogP contribution in [0.1, 0.15) is 20.3 Å². The average Bonchev–Trinajstić information content (AvgIpc) is 3.27. The first-order valence-corrected chi connectivity index (χ1v) is 6.44. The maximum Gasteiger partial charge on any atom is 0.337 e. The Morgan fingerprint density at radius 1 is 1.26 bits per heavy atom. The van der Waals surface area contributed by atoms with Crippen molar-refractivity contribution in [2.24, 2.45) is 0 Å². The lowest BCUT2D eigenvalue weighted by Gasteiger charge is -2.31. The van der Waals surface area contributed by atoms with E-state index in [1.807, 2.05) is 6.92 Å². The van der Waals surface area contributed by atoms with Gasteiger partial charge in [-0.2, -0.15) is 0 Å². The van der Waals surface area contributed by atoms with Crippen LogP contribution in [-0.2, 0) is 28.5 Å². The molecule has 108 valence electrons. The fourth-order valence-electron chi connectivity index (χ4n) is 1.37. The Morgan fingerprint density at radius 3 is 2.05 bits per heavy atom. The predicted octanol–water partition coefficient (Wildman–Crippen LogP) is 1.00. The number of carbonyl (C=O) groups is 1. The number of rotatable bonds is 9. The Hall–Kier alpha value is -0.950. The van der Waals surface area contributed by atoms with E-state index < -0.39 is 11.9 Å². The summed E-state index contributed by atoms with van der Waals surface area (Å²) in [6.45, 7) is 8.97. The van der Waals surface area contributed by atoms with Crippen molar-refractivity contribution in [1.29, 1.82) is 0 Å². The van der Waals surface area contributed by atoms with Gasteiger partial charge in [-0.05, 0) is 6.92 Å². The molecule has 2 aliphatic heterocycles. The maximum absolute atomic E-state index is 11.7. The lowest BCUT2D eigenvalue weighted by Crippen LogP contribution is -2.42. The molecular formula is C13H20O6. The molecule has 0 aromatic carbocycles. The van der Waals surface area contributed by atoms with E-state index in [1.54, 1.807) is 6.92 Å². The molecule has 0 radical (unpaired) electrons. The second-order valence-corrected chi connectivity index (χ2v) is 4.74. The van der Waals surface area contributed by atoms with E-state index >= 15 is 0 Å². The van der Waals surface area contributed by atoms with Gasteiger partial charge in [-0.25, -0.2) is 4.79 Å². The van der Waals surface area contributed by atoms with Crippen LogP contribution in [0.15, 0.2) is 12.2 Å². The Labute approximate surface area is 112 Å². The van der Waals surface area contributed by atoms with Crippen molar-refractivity contribution in [1.82, 2.24) is 0 Å². The maximum atomic E-state index is 11.7. The van der Waals surface area contributed by atoms with E-state index in [0.717, 1.165) is 0 Å². The first kappa shape index (κ1) is 14.5. The van der Waals surface area contributed by atoms with Crippen LogP contribution in [0.5, 0.6) is 0 Å². The zero-order valence-electron chi connectivity index (χ0n) is 11.3. The molecule has 0 bridgehead atoms.